The summed E-state index contributed by atoms with van der Waals surface area (Å²) in [6.07, 6.45) is 1.74. The molecule has 0 aromatic heterocycles. The molecule has 2 heterocycles. The van der Waals surface area contributed by atoms with E-state index in [-0.39, 0.29) is 6.79 Å². The van der Waals surface area contributed by atoms with Gasteiger partial charge in [0.25, 0.3) is 0 Å². The van der Waals surface area contributed by atoms with Gasteiger partial charge in [0.2, 0.25) is 6.79 Å². The molecule has 116 valence electrons. The first-order chi connectivity index (χ1) is 10.1. The van der Waals surface area contributed by atoms with Crippen molar-refractivity contribution < 1.29 is 14.6 Å². The topological polar surface area (TPSA) is 54.0 Å². The van der Waals surface area contributed by atoms with Crippen LogP contribution in [0.2, 0.25) is 0 Å². The quantitative estimate of drug-likeness (QED) is 0.881. The summed E-state index contributed by atoms with van der Waals surface area (Å²) in [5.41, 5.74) is 0.868. The second kappa shape index (κ2) is 6.22. The standard InChI is InChI=1S/C16H24N2O3/c1-11-7-13(5-6-18(11)2)17-9-14(19)12-3-4-15-16(8-12)21-10-20-15/h3-4,8,11,13-14,17,19H,5-7,9-10H2,1-2H3. The van der Waals surface area contributed by atoms with E-state index in [1.807, 2.05) is 18.2 Å². The fraction of sp³-hybridized carbons (Fsp3) is 0.625. The summed E-state index contributed by atoms with van der Waals surface area (Å²) in [4.78, 5) is 2.38. The summed E-state index contributed by atoms with van der Waals surface area (Å²) in [7, 11) is 2.17. The Balaban J connectivity index is 1.53. The van der Waals surface area contributed by atoms with Gasteiger partial charge < -0.3 is 24.8 Å². The van der Waals surface area contributed by atoms with Crippen molar-refractivity contribution in [3.05, 3.63) is 23.8 Å². The van der Waals surface area contributed by atoms with Gasteiger partial charge in [-0.05, 0) is 51.1 Å². The van der Waals surface area contributed by atoms with Gasteiger partial charge in [-0.1, -0.05) is 6.07 Å². The fourth-order valence-electron chi connectivity index (χ4n) is 2.99. The van der Waals surface area contributed by atoms with E-state index in [1.165, 1.54) is 0 Å². The summed E-state index contributed by atoms with van der Waals surface area (Å²) in [6.45, 7) is 4.20. The average Bonchev–Trinajstić information content (AvgIpc) is 2.95. The molecule has 0 saturated carbocycles. The molecule has 0 aliphatic carbocycles. The molecular formula is C16H24N2O3. The molecule has 0 bridgehead atoms. The van der Waals surface area contributed by atoms with Crippen molar-refractivity contribution in [2.45, 2.75) is 38.0 Å². The molecular weight excluding hydrogens is 268 g/mol. The molecule has 1 fully saturated rings. The van der Waals surface area contributed by atoms with Crippen LogP contribution in [0.15, 0.2) is 18.2 Å². The molecule has 0 spiro atoms. The lowest BCUT2D eigenvalue weighted by molar-refractivity contribution is 0.138. The van der Waals surface area contributed by atoms with Crippen molar-refractivity contribution in [1.82, 2.24) is 10.2 Å². The van der Waals surface area contributed by atoms with E-state index in [9.17, 15) is 5.11 Å². The van der Waals surface area contributed by atoms with Gasteiger partial charge in [0.05, 0.1) is 6.10 Å². The number of ether oxygens (including phenoxy) is 2. The van der Waals surface area contributed by atoms with Crippen molar-refractivity contribution in [2.75, 3.05) is 26.9 Å². The van der Waals surface area contributed by atoms with Gasteiger partial charge in [0.1, 0.15) is 0 Å². The maximum Gasteiger partial charge on any atom is 0.231 e. The Labute approximate surface area is 125 Å². The van der Waals surface area contributed by atoms with Crippen LogP contribution in [0.3, 0.4) is 0 Å². The first-order valence-electron chi connectivity index (χ1n) is 7.64. The second-order valence-electron chi connectivity index (χ2n) is 6.09. The zero-order valence-electron chi connectivity index (χ0n) is 12.7. The smallest absolute Gasteiger partial charge is 0.231 e. The third kappa shape index (κ3) is 3.31. The largest absolute Gasteiger partial charge is 0.454 e. The third-order valence-corrected chi connectivity index (χ3v) is 4.59. The fourth-order valence-corrected chi connectivity index (χ4v) is 2.99. The van der Waals surface area contributed by atoms with Crippen LogP contribution in [0.5, 0.6) is 11.5 Å². The molecule has 0 amide bonds. The molecule has 21 heavy (non-hydrogen) atoms. The Hall–Kier alpha value is -1.30. The van der Waals surface area contributed by atoms with Crippen LogP contribution < -0.4 is 14.8 Å². The van der Waals surface area contributed by atoms with Crippen LogP contribution in [0.1, 0.15) is 31.4 Å². The predicted molar refractivity (Wildman–Crippen MR) is 80.6 cm³/mol. The Bertz CT molecular complexity index is 494. The van der Waals surface area contributed by atoms with E-state index in [0.717, 1.165) is 36.4 Å². The van der Waals surface area contributed by atoms with Gasteiger partial charge in [0.15, 0.2) is 11.5 Å². The molecule has 5 nitrogen and oxygen atoms in total. The van der Waals surface area contributed by atoms with E-state index in [2.05, 4.69) is 24.2 Å². The van der Waals surface area contributed by atoms with Gasteiger partial charge in [-0.15, -0.1) is 0 Å². The van der Waals surface area contributed by atoms with Crippen LogP contribution in [-0.4, -0.2) is 49.0 Å². The number of nitrogens with zero attached hydrogens (tertiary/aromatic N) is 1. The first-order valence-corrected chi connectivity index (χ1v) is 7.64. The number of piperidine rings is 1. The molecule has 2 aliphatic rings. The molecule has 0 radical (unpaired) electrons. The highest BCUT2D eigenvalue weighted by molar-refractivity contribution is 5.45. The summed E-state index contributed by atoms with van der Waals surface area (Å²) >= 11 is 0. The number of hydrogen-bond acceptors (Lipinski definition) is 5. The molecule has 3 rings (SSSR count). The maximum atomic E-state index is 10.3. The van der Waals surface area contributed by atoms with Crippen molar-refractivity contribution >= 4 is 0 Å². The number of aliphatic hydroxyl groups excluding tert-OH is 1. The SMILES string of the molecule is CC1CC(NCC(O)c2ccc3c(c2)OCO3)CCN1C. The Kier molecular flexibility index (Phi) is 4.33. The minimum atomic E-state index is -0.519. The number of benzene rings is 1. The Morgan fingerprint density at radius 2 is 2.19 bits per heavy atom. The highest BCUT2D eigenvalue weighted by Crippen LogP contribution is 2.34. The summed E-state index contributed by atoms with van der Waals surface area (Å²) in [6, 6.07) is 6.71. The van der Waals surface area contributed by atoms with Crippen LogP contribution in [0.4, 0.5) is 0 Å². The third-order valence-electron chi connectivity index (χ3n) is 4.59. The van der Waals surface area contributed by atoms with E-state index >= 15 is 0 Å². The van der Waals surface area contributed by atoms with E-state index in [4.69, 9.17) is 9.47 Å². The molecule has 5 heteroatoms. The van der Waals surface area contributed by atoms with Crippen LogP contribution >= 0.6 is 0 Å². The number of rotatable bonds is 4. The lowest BCUT2D eigenvalue weighted by Crippen LogP contribution is -2.46. The van der Waals surface area contributed by atoms with E-state index in [1.54, 1.807) is 0 Å². The van der Waals surface area contributed by atoms with Crippen LogP contribution in [0.25, 0.3) is 0 Å². The lowest BCUT2D eigenvalue weighted by atomic mass is 9.98. The van der Waals surface area contributed by atoms with E-state index < -0.39 is 6.10 Å². The molecule has 1 aromatic rings. The summed E-state index contributed by atoms with van der Waals surface area (Å²) in [5, 5.41) is 13.8. The van der Waals surface area contributed by atoms with Gasteiger partial charge in [-0.25, -0.2) is 0 Å². The minimum Gasteiger partial charge on any atom is -0.454 e. The molecule has 1 saturated heterocycles. The summed E-state index contributed by atoms with van der Waals surface area (Å²) in [5.74, 6) is 1.47. The van der Waals surface area contributed by atoms with Crippen molar-refractivity contribution in [3.63, 3.8) is 0 Å². The Morgan fingerprint density at radius 3 is 3.00 bits per heavy atom. The summed E-state index contributed by atoms with van der Waals surface area (Å²) < 4.78 is 10.6. The molecule has 2 aliphatic heterocycles. The second-order valence-corrected chi connectivity index (χ2v) is 6.09. The minimum absolute atomic E-state index is 0.264. The molecule has 3 unspecified atom stereocenters. The van der Waals surface area contributed by atoms with Crippen molar-refractivity contribution in [2.24, 2.45) is 0 Å². The Morgan fingerprint density at radius 1 is 1.38 bits per heavy atom. The van der Waals surface area contributed by atoms with Crippen LogP contribution in [0, 0.1) is 0 Å². The van der Waals surface area contributed by atoms with Gasteiger partial charge in [-0.2, -0.15) is 0 Å². The number of likely N-dealkylation sites (tertiary alicyclic amines) is 1. The number of hydrogen-bond donors (Lipinski definition) is 2. The number of fused-ring (bicyclic) bond motifs is 1. The lowest BCUT2D eigenvalue weighted by Gasteiger charge is -2.35. The van der Waals surface area contributed by atoms with Crippen molar-refractivity contribution in [3.8, 4) is 11.5 Å². The number of nitrogens with one attached hydrogen (secondary N) is 1. The van der Waals surface area contributed by atoms with E-state index in [0.29, 0.717) is 18.6 Å². The van der Waals surface area contributed by atoms with Gasteiger partial charge in [-0.3, -0.25) is 0 Å². The monoisotopic (exact) mass is 292 g/mol. The number of aliphatic hydroxyl groups is 1. The zero-order valence-corrected chi connectivity index (χ0v) is 12.7. The first kappa shape index (κ1) is 14.6. The van der Waals surface area contributed by atoms with Crippen LogP contribution in [-0.2, 0) is 0 Å². The molecule has 2 N–H and O–H groups in total. The highest BCUT2D eigenvalue weighted by atomic mass is 16.7. The molecule has 3 atom stereocenters. The average molecular weight is 292 g/mol. The highest BCUT2D eigenvalue weighted by Gasteiger charge is 2.23. The van der Waals surface area contributed by atoms with Gasteiger partial charge in [0, 0.05) is 18.6 Å². The molecule has 1 aromatic carbocycles. The normalized spacial score (nSPS) is 26.8. The maximum absolute atomic E-state index is 10.3. The predicted octanol–water partition coefficient (Wildman–Crippen LogP) is 1.52. The van der Waals surface area contributed by atoms with Crippen molar-refractivity contribution in [1.29, 1.82) is 0 Å². The zero-order chi connectivity index (χ0) is 14.8. The van der Waals surface area contributed by atoms with Gasteiger partial charge >= 0.3 is 0 Å².